The van der Waals surface area contributed by atoms with Crippen LogP contribution in [0.4, 0.5) is 0 Å². The van der Waals surface area contributed by atoms with Gasteiger partial charge in [-0.05, 0) is 29.1 Å². The van der Waals surface area contributed by atoms with Gasteiger partial charge in [-0.3, -0.25) is 0 Å². The fourth-order valence-electron chi connectivity index (χ4n) is 1.80. The van der Waals surface area contributed by atoms with E-state index in [1.165, 1.54) is 4.88 Å². The number of thiophene rings is 1. The molecule has 1 aromatic heterocycles. The second-order valence-electron chi connectivity index (χ2n) is 4.27. The standard InChI is InChI=1S/C16H19NO2S.ClH/c1-3-8-17-11-13-6-7-15(16(10-13)18-2)19-12-14-5-4-9-20-14;/h3-7,9-10,17H,1,8,11-12H2,2H3;1H. The van der Waals surface area contributed by atoms with E-state index in [1.807, 2.05) is 35.7 Å². The largest absolute Gasteiger partial charge is 0.493 e. The predicted molar refractivity (Wildman–Crippen MR) is 90.8 cm³/mol. The van der Waals surface area contributed by atoms with Crippen molar-refractivity contribution in [3.63, 3.8) is 0 Å². The number of hydrogen-bond donors (Lipinski definition) is 1. The molecule has 3 nitrogen and oxygen atoms in total. The number of hydrogen-bond acceptors (Lipinski definition) is 4. The Morgan fingerprint density at radius 2 is 2.14 bits per heavy atom. The van der Waals surface area contributed by atoms with Crippen LogP contribution in [0.2, 0.25) is 0 Å². The van der Waals surface area contributed by atoms with Crippen molar-refractivity contribution >= 4 is 23.7 Å². The molecule has 0 fully saturated rings. The second-order valence-corrected chi connectivity index (χ2v) is 5.31. The number of halogens is 1. The molecule has 2 rings (SSSR count). The molecule has 0 saturated heterocycles. The van der Waals surface area contributed by atoms with Gasteiger partial charge in [-0.2, -0.15) is 0 Å². The first-order valence-corrected chi connectivity index (χ1v) is 7.35. The molecular formula is C16H20ClNO2S. The minimum atomic E-state index is 0. The summed E-state index contributed by atoms with van der Waals surface area (Å²) in [5, 5.41) is 5.31. The van der Waals surface area contributed by atoms with E-state index < -0.39 is 0 Å². The SMILES string of the molecule is C=CCNCc1ccc(OCc2cccs2)c(OC)c1.Cl. The van der Waals surface area contributed by atoms with Crippen LogP contribution >= 0.6 is 23.7 Å². The van der Waals surface area contributed by atoms with E-state index >= 15 is 0 Å². The van der Waals surface area contributed by atoms with Crippen molar-refractivity contribution < 1.29 is 9.47 Å². The molecule has 5 heteroatoms. The van der Waals surface area contributed by atoms with Crippen molar-refractivity contribution in [3.05, 3.63) is 58.8 Å². The summed E-state index contributed by atoms with van der Waals surface area (Å²) >= 11 is 1.69. The molecule has 0 aliphatic heterocycles. The molecule has 1 heterocycles. The average molecular weight is 326 g/mol. The topological polar surface area (TPSA) is 30.5 Å². The van der Waals surface area contributed by atoms with E-state index in [-0.39, 0.29) is 12.4 Å². The summed E-state index contributed by atoms with van der Waals surface area (Å²) in [4.78, 5) is 1.20. The maximum absolute atomic E-state index is 5.80. The molecule has 2 aromatic rings. The number of nitrogens with one attached hydrogen (secondary N) is 1. The van der Waals surface area contributed by atoms with Gasteiger partial charge in [-0.15, -0.1) is 30.3 Å². The Bertz CT molecular complexity index is 543. The molecule has 0 bridgehead atoms. The minimum absolute atomic E-state index is 0. The minimum Gasteiger partial charge on any atom is -0.493 e. The van der Waals surface area contributed by atoms with E-state index in [0.29, 0.717) is 6.61 Å². The summed E-state index contributed by atoms with van der Waals surface area (Å²) in [5.74, 6) is 1.54. The van der Waals surface area contributed by atoms with Crippen molar-refractivity contribution in [2.24, 2.45) is 0 Å². The van der Waals surface area contributed by atoms with E-state index in [1.54, 1.807) is 18.4 Å². The first-order chi connectivity index (χ1) is 9.83. The summed E-state index contributed by atoms with van der Waals surface area (Å²) < 4.78 is 11.2. The van der Waals surface area contributed by atoms with Crippen molar-refractivity contribution in [2.45, 2.75) is 13.2 Å². The quantitative estimate of drug-likeness (QED) is 0.587. The zero-order valence-electron chi connectivity index (χ0n) is 12.0. The van der Waals surface area contributed by atoms with Gasteiger partial charge in [0.25, 0.3) is 0 Å². The molecule has 0 saturated carbocycles. The normalized spacial score (nSPS) is 9.76. The fraction of sp³-hybridized carbons (Fsp3) is 0.250. The van der Waals surface area contributed by atoms with Gasteiger partial charge in [-0.25, -0.2) is 0 Å². The summed E-state index contributed by atoms with van der Waals surface area (Å²) in [6, 6.07) is 10.1. The molecule has 21 heavy (non-hydrogen) atoms. The van der Waals surface area contributed by atoms with Gasteiger partial charge in [0.05, 0.1) is 7.11 Å². The molecule has 114 valence electrons. The Labute approximate surface area is 136 Å². The Balaban J connectivity index is 0.00000220. The number of rotatable bonds is 8. The van der Waals surface area contributed by atoms with Gasteiger partial charge in [0, 0.05) is 18.0 Å². The monoisotopic (exact) mass is 325 g/mol. The maximum Gasteiger partial charge on any atom is 0.161 e. The Morgan fingerprint density at radius 1 is 1.29 bits per heavy atom. The van der Waals surface area contributed by atoms with Crippen LogP contribution in [0.3, 0.4) is 0 Å². The third kappa shape index (κ3) is 5.42. The van der Waals surface area contributed by atoms with Crippen LogP contribution in [0.5, 0.6) is 11.5 Å². The van der Waals surface area contributed by atoms with E-state index in [0.717, 1.165) is 30.2 Å². The predicted octanol–water partition coefficient (Wildman–Crippen LogP) is 4.03. The Hall–Kier alpha value is -1.49. The number of methoxy groups -OCH3 is 1. The fourth-order valence-corrected chi connectivity index (χ4v) is 2.42. The first-order valence-electron chi connectivity index (χ1n) is 6.47. The Kier molecular flexibility index (Phi) is 7.90. The van der Waals surface area contributed by atoms with Crippen LogP contribution in [-0.2, 0) is 13.2 Å². The molecule has 0 radical (unpaired) electrons. The van der Waals surface area contributed by atoms with Crippen LogP contribution < -0.4 is 14.8 Å². The van der Waals surface area contributed by atoms with Crippen molar-refractivity contribution in [3.8, 4) is 11.5 Å². The highest BCUT2D eigenvalue weighted by Crippen LogP contribution is 2.29. The van der Waals surface area contributed by atoms with Gasteiger partial charge in [0.15, 0.2) is 11.5 Å². The van der Waals surface area contributed by atoms with Crippen LogP contribution in [0.1, 0.15) is 10.4 Å². The summed E-state index contributed by atoms with van der Waals surface area (Å²) in [6.07, 6.45) is 1.84. The third-order valence-electron chi connectivity index (χ3n) is 2.80. The van der Waals surface area contributed by atoms with Gasteiger partial charge in [0.1, 0.15) is 6.61 Å². The third-order valence-corrected chi connectivity index (χ3v) is 3.65. The van der Waals surface area contributed by atoms with Gasteiger partial charge in [-0.1, -0.05) is 18.2 Å². The summed E-state index contributed by atoms with van der Waals surface area (Å²) in [7, 11) is 1.66. The van der Waals surface area contributed by atoms with Crippen LogP contribution in [-0.4, -0.2) is 13.7 Å². The number of benzene rings is 1. The summed E-state index contributed by atoms with van der Waals surface area (Å²) in [5.41, 5.74) is 1.16. The number of ether oxygens (including phenoxy) is 2. The molecule has 1 N–H and O–H groups in total. The van der Waals surface area contributed by atoms with Crippen LogP contribution in [0.15, 0.2) is 48.4 Å². The Morgan fingerprint density at radius 3 is 2.81 bits per heavy atom. The second kappa shape index (κ2) is 9.45. The average Bonchev–Trinajstić information content (AvgIpc) is 2.99. The van der Waals surface area contributed by atoms with E-state index in [9.17, 15) is 0 Å². The van der Waals surface area contributed by atoms with Gasteiger partial charge >= 0.3 is 0 Å². The molecule has 0 unspecified atom stereocenters. The van der Waals surface area contributed by atoms with Crippen LogP contribution in [0, 0.1) is 0 Å². The van der Waals surface area contributed by atoms with E-state index in [2.05, 4.69) is 18.0 Å². The molecule has 0 spiro atoms. The lowest BCUT2D eigenvalue weighted by atomic mass is 10.2. The zero-order valence-corrected chi connectivity index (χ0v) is 13.6. The smallest absolute Gasteiger partial charge is 0.161 e. The molecule has 1 aromatic carbocycles. The highest BCUT2D eigenvalue weighted by molar-refractivity contribution is 7.09. The molecule has 0 atom stereocenters. The summed E-state index contributed by atoms with van der Waals surface area (Å²) in [6.45, 7) is 5.83. The van der Waals surface area contributed by atoms with E-state index in [4.69, 9.17) is 9.47 Å². The lowest BCUT2D eigenvalue weighted by Gasteiger charge is -2.12. The van der Waals surface area contributed by atoms with Crippen molar-refractivity contribution in [1.29, 1.82) is 0 Å². The van der Waals surface area contributed by atoms with Crippen LogP contribution in [0.25, 0.3) is 0 Å². The van der Waals surface area contributed by atoms with Crippen molar-refractivity contribution in [2.75, 3.05) is 13.7 Å². The molecular weight excluding hydrogens is 306 g/mol. The zero-order chi connectivity index (χ0) is 14.2. The van der Waals surface area contributed by atoms with Gasteiger partial charge in [0.2, 0.25) is 0 Å². The van der Waals surface area contributed by atoms with Crippen molar-refractivity contribution in [1.82, 2.24) is 5.32 Å². The highest BCUT2D eigenvalue weighted by Gasteiger charge is 2.06. The lowest BCUT2D eigenvalue weighted by molar-refractivity contribution is 0.287. The molecule has 0 aliphatic carbocycles. The lowest BCUT2D eigenvalue weighted by Crippen LogP contribution is -2.12. The molecule has 0 aliphatic rings. The molecule has 0 amide bonds. The highest BCUT2D eigenvalue weighted by atomic mass is 35.5. The maximum atomic E-state index is 5.80. The van der Waals surface area contributed by atoms with Gasteiger partial charge < -0.3 is 14.8 Å². The first kappa shape index (κ1) is 17.6.